The number of urea groups is 1. The van der Waals surface area contributed by atoms with Crippen LogP contribution in [0.15, 0.2) is 24.3 Å². The number of rotatable bonds is 3. The lowest BCUT2D eigenvalue weighted by molar-refractivity contribution is 0.197. The summed E-state index contributed by atoms with van der Waals surface area (Å²) in [7, 11) is -3.03. The fourth-order valence-corrected chi connectivity index (χ4v) is 4.10. The molecule has 1 saturated heterocycles. The van der Waals surface area contributed by atoms with Crippen molar-refractivity contribution in [3.8, 4) is 5.75 Å². The maximum Gasteiger partial charge on any atom is 0.322 e. The second kappa shape index (κ2) is 5.70. The number of benzene rings is 1. The summed E-state index contributed by atoms with van der Waals surface area (Å²) in [6.07, 6.45) is 0.476. The standard InChI is InChI=1S/C13H18N2O4S/c1-2-15(11-6-7-20(18,19)9-11)13(17)14-10-4-3-5-12(16)8-10/h3-5,8,11,16H,2,6-7,9H2,1H3,(H,14,17). The number of anilines is 1. The van der Waals surface area contributed by atoms with Gasteiger partial charge in [-0.3, -0.25) is 0 Å². The molecule has 0 bridgehead atoms. The number of phenolic OH excluding ortho intramolecular Hbond substituents is 1. The molecule has 0 spiro atoms. The Kier molecular flexibility index (Phi) is 4.17. The first-order valence-corrected chi connectivity index (χ1v) is 8.30. The van der Waals surface area contributed by atoms with Crippen molar-refractivity contribution >= 4 is 21.6 Å². The fourth-order valence-electron chi connectivity index (χ4n) is 2.37. The maximum absolute atomic E-state index is 12.2. The summed E-state index contributed by atoms with van der Waals surface area (Å²) in [6, 6.07) is 5.62. The molecule has 2 rings (SSSR count). The highest BCUT2D eigenvalue weighted by molar-refractivity contribution is 7.91. The summed E-state index contributed by atoms with van der Waals surface area (Å²) in [6.45, 7) is 2.25. The summed E-state index contributed by atoms with van der Waals surface area (Å²) >= 11 is 0. The number of hydrogen-bond donors (Lipinski definition) is 2. The van der Waals surface area contributed by atoms with E-state index in [1.807, 2.05) is 6.92 Å². The van der Waals surface area contributed by atoms with Crippen LogP contribution in [0.2, 0.25) is 0 Å². The van der Waals surface area contributed by atoms with E-state index in [0.29, 0.717) is 18.7 Å². The van der Waals surface area contributed by atoms with Gasteiger partial charge in [0.25, 0.3) is 0 Å². The molecule has 1 unspecified atom stereocenters. The van der Waals surface area contributed by atoms with Gasteiger partial charge in [-0.2, -0.15) is 0 Å². The van der Waals surface area contributed by atoms with Gasteiger partial charge in [-0.15, -0.1) is 0 Å². The molecule has 7 heteroatoms. The first-order valence-electron chi connectivity index (χ1n) is 6.48. The Hall–Kier alpha value is -1.76. The molecular weight excluding hydrogens is 280 g/mol. The number of aromatic hydroxyl groups is 1. The number of carbonyl (C=O) groups excluding carboxylic acids is 1. The number of hydrogen-bond acceptors (Lipinski definition) is 4. The summed E-state index contributed by atoms with van der Waals surface area (Å²) in [5.41, 5.74) is 0.481. The van der Waals surface area contributed by atoms with E-state index in [0.717, 1.165) is 0 Å². The number of nitrogens with zero attached hydrogens (tertiary/aromatic N) is 1. The van der Waals surface area contributed by atoms with E-state index >= 15 is 0 Å². The topological polar surface area (TPSA) is 86.7 Å². The van der Waals surface area contributed by atoms with Crippen molar-refractivity contribution in [2.45, 2.75) is 19.4 Å². The molecule has 110 valence electrons. The Morgan fingerprint density at radius 1 is 1.50 bits per heavy atom. The third-order valence-electron chi connectivity index (χ3n) is 3.35. The van der Waals surface area contributed by atoms with E-state index in [1.54, 1.807) is 12.1 Å². The molecule has 0 radical (unpaired) electrons. The van der Waals surface area contributed by atoms with Crippen molar-refractivity contribution in [1.29, 1.82) is 0 Å². The highest BCUT2D eigenvalue weighted by atomic mass is 32.2. The van der Waals surface area contributed by atoms with Crippen LogP contribution in [0.5, 0.6) is 5.75 Å². The predicted molar refractivity (Wildman–Crippen MR) is 76.6 cm³/mol. The average molecular weight is 298 g/mol. The minimum Gasteiger partial charge on any atom is -0.508 e. The van der Waals surface area contributed by atoms with Gasteiger partial charge in [-0.05, 0) is 25.5 Å². The third kappa shape index (κ3) is 3.41. The van der Waals surface area contributed by atoms with Crippen LogP contribution in [-0.2, 0) is 9.84 Å². The van der Waals surface area contributed by atoms with E-state index < -0.39 is 9.84 Å². The quantitative estimate of drug-likeness (QED) is 0.884. The lowest BCUT2D eigenvalue weighted by Crippen LogP contribution is -2.43. The SMILES string of the molecule is CCN(C(=O)Nc1cccc(O)c1)C1CCS(=O)(=O)C1. The largest absolute Gasteiger partial charge is 0.508 e. The van der Waals surface area contributed by atoms with Crippen molar-refractivity contribution in [2.24, 2.45) is 0 Å². The third-order valence-corrected chi connectivity index (χ3v) is 5.10. The Balaban J connectivity index is 2.06. The zero-order valence-electron chi connectivity index (χ0n) is 11.2. The number of nitrogens with one attached hydrogen (secondary N) is 1. The van der Waals surface area contributed by atoms with Gasteiger partial charge in [0.2, 0.25) is 0 Å². The van der Waals surface area contributed by atoms with Crippen LogP contribution in [0.4, 0.5) is 10.5 Å². The zero-order valence-corrected chi connectivity index (χ0v) is 12.1. The van der Waals surface area contributed by atoms with Crippen molar-refractivity contribution < 1.29 is 18.3 Å². The van der Waals surface area contributed by atoms with Crippen molar-refractivity contribution in [2.75, 3.05) is 23.4 Å². The lowest BCUT2D eigenvalue weighted by atomic mass is 10.2. The van der Waals surface area contributed by atoms with Crippen LogP contribution in [-0.4, -0.2) is 48.5 Å². The predicted octanol–water partition coefficient (Wildman–Crippen LogP) is 1.43. The van der Waals surface area contributed by atoms with Crippen LogP contribution in [0.25, 0.3) is 0 Å². The second-order valence-corrected chi connectivity index (χ2v) is 7.05. The van der Waals surface area contributed by atoms with Crippen molar-refractivity contribution in [3.63, 3.8) is 0 Å². The monoisotopic (exact) mass is 298 g/mol. The molecule has 1 atom stereocenters. The van der Waals surface area contributed by atoms with Crippen molar-refractivity contribution in [3.05, 3.63) is 24.3 Å². The minimum atomic E-state index is -3.03. The molecule has 20 heavy (non-hydrogen) atoms. The Morgan fingerprint density at radius 2 is 2.25 bits per heavy atom. The molecule has 1 aliphatic heterocycles. The van der Waals surface area contributed by atoms with Crippen molar-refractivity contribution in [1.82, 2.24) is 4.90 Å². The Labute approximate surface area is 118 Å². The molecule has 2 N–H and O–H groups in total. The Morgan fingerprint density at radius 3 is 2.80 bits per heavy atom. The van der Waals surface area contributed by atoms with Gasteiger partial charge in [-0.1, -0.05) is 6.07 Å². The molecular formula is C13H18N2O4S. The van der Waals surface area contributed by atoms with Gasteiger partial charge in [-0.25, -0.2) is 13.2 Å². The van der Waals surface area contributed by atoms with Crippen LogP contribution in [0.1, 0.15) is 13.3 Å². The molecule has 0 aliphatic carbocycles. The van der Waals surface area contributed by atoms with Gasteiger partial charge in [0, 0.05) is 24.3 Å². The number of sulfone groups is 1. The van der Waals surface area contributed by atoms with E-state index in [1.165, 1.54) is 17.0 Å². The van der Waals surface area contributed by atoms with E-state index in [2.05, 4.69) is 5.32 Å². The molecule has 1 aromatic carbocycles. The molecule has 1 aromatic rings. The molecule has 0 aromatic heterocycles. The number of carbonyl (C=O) groups is 1. The van der Waals surface area contributed by atoms with Crippen LogP contribution in [0.3, 0.4) is 0 Å². The number of amides is 2. The Bertz CT molecular complexity index is 600. The first kappa shape index (κ1) is 14.6. The van der Waals surface area contributed by atoms with E-state index in [-0.39, 0.29) is 29.3 Å². The van der Waals surface area contributed by atoms with Gasteiger partial charge in [0.15, 0.2) is 9.84 Å². The van der Waals surface area contributed by atoms with Crippen LogP contribution < -0.4 is 5.32 Å². The maximum atomic E-state index is 12.2. The van der Waals surface area contributed by atoms with E-state index in [9.17, 15) is 18.3 Å². The van der Waals surface area contributed by atoms with E-state index in [4.69, 9.17) is 0 Å². The molecule has 1 fully saturated rings. The molecule has 1 aliphatic rings. The van der Waals surface area contributed by atoms with Gasteiger partial charge >= 0.3 is 6.03 Å². The summed E-state index contributed by atoms with van der Waals surface area (Å²) in [5, 5.41) is 12.0. The molecule has 1 heterocycles. The molecule has 2 amide bonds. The van der Waals surface area contributed by atoms with Gasteiger partial charge in [0.05, 0.1) is 11.5 Å². The molecule has 0 saturated carbocycles. The average Bonchev–Trinajstić information content (AvgIpc) is 2.70. The summed E-state index contributed by atoms with van der Waals surface area (Å²) < 4.78 is 23.0. The lowest BCUT2D eigenvalue weighted by Gasteiger charge is -2.27. The van der Waals surface area contributed by atoms with Gasteiger partial charge in [0.1, 0.15) is 5.75 Å². The fraction of sp³-hybridized carbons (Fsp3) is 0.462. The zero-order chi connectivity index (χ0) is 14.8. The summed E-state index contributed by atoms with van der Waals surface area (Å²) in [5.74, 6) is 0.219. The first-order chi connectivity index (χ1) is 9.41. The highest BCUT2D eigenvalue weighted by Gasteiger charge is 2.33. The minimum absolute atomic E-state index is 0.0221. The second-order valence-electron chi connectivity index (χ2n) is 4.82. The van der Waals surface area contributed by atoms with Gasteiger partial charge < -0.3 is 15.3 Å². The normalized spacial score (nSPS) is 20.6. The molecule has 6 nitrogen and oxygen atoms in total. The highest BCUT2D eigenvalue weighted by Crippen LogP contribution is 2.20. The summed E-state index contributed by atoms with van der Waals surface area (Å²) in [4.78, 5) is 13.7. The van der Waals surface area contributed by atoms with Crippen LogP contribution in [0, 0.1) is 0 Å². The number of phenols is 1. The van der Waals surface area contributed by atoms with Crippen LogP contribution >= 0.6 is 0 Å². The smallest absolute Gasteiger partial charge is 0.322 e.